The first-order chi connectivity index (χ1) is 44.8. The van der Waals surface area contributed by atoms with E-state index < -0.39 is 216 Å². The number of unbranched alkanes of at least 4 members (excludes halogenated alkanes) is 9. The molecule has 36 heteroatoms. The smallest absolute Gasteiger partial charge is 0.243 e. The van der Waals surface area contributed by atoms with Gasteiger partial charge in [0.05, 0.1) is 71.0 Å². The van der Waals surface area contributed by atoms with Gasteiger partial charge in [-0.15, -0.1) is 0 Å². The van der Waals surface area contributed by atoms with Crippen molar-refractivity contribution in [2.75, 3.05) is 92.6 Å². The molecule has 0 aromatic rings. The highest BCUT2D eigenvalue weighted by molar-refractivity contribution is 5.96. The highest BCUT2D eigenvalue weighted by Crippen LogP contribution is 2.24. The maximum Gasteiger partial charge on any atom is 0.243 e. The van der Waals surface area contributed by atoms with Crippen LogP contribution in [0.15, 0.2) is 0 Å². The molecule has 0 aromatic carbocycles. The summed E-state index contributed by atoms with van der Waals surface area (Å²) in [5.41, 5.74) is 0. The van der Waals surface area contributed by atoms with E-state index in [9.17, 15) is 93.9 Å². The normalized spacial score (nSPS) is 23.0. The zero-order valence-corrected chi connectivity index (χ0v) is 54.4. The average Bonchev–Trinajstić information content (AvgIpc) is 0.835. The van der Waals surface area contributed by atoms with Crippen molar-refractivity contribution in [2.24, 2.45) is 0 Å². The van der Waals surface area contributed by atoms with Crippen molar-refractivity contribution in [3.8, 4) is 0 Å². The van der Waals surface area contributed by atoms with E-state index in [4.69, 9.17) is 28.4 Å². The first-order valence-electron chi connectivity index (χ1n) is 31.9. The maximum atomic E-state index is 13.5. The summed E-state index contributed by atoms with van der Waals surface area (Å²) in [5.74, 6) is -6.60. The van der Waals surface area contributed by atoms with E-state index in [2.05, 4.69) is 58.5 Å². The van der Waals surface area contributed by atoms with Gasteiger partial charge in [-0.3, -0.25) is 47.9 Å². The molecule has 16 atom stereocenters. The fraction of sp³-hybridized carbons (Fsp3) is 0.828. The number of likely N-dealkylation sites (N-methyl/N-ethyl adjacent to an activating group) is 1. The minimum Gasteiger partial charge on any atom is -0.394 e. The molecule has 0 aliphatic carbocycles. The van der Waals surface area contributed by atoms with Crippen LogP contribution in [0.4, 0.5) is 0 Å². The molecule has 0 bridgehead atoms. The molecular formula is C58H105N11O25. The van der Waals surface area contributed by atoms with Crippen LogP contribution >= 0.6 is 0 Å². The molecule has 542 valence electrons. The van der Waals surface area contributed by atoms with E-state index in [0.29, 0.717) is 77.0 Å². The molecule has 2 saturated heterocycles. The van der Waals surface area contributed by atoms with Crippen LogP contribution in [0.5, 0.6) is 0 Å². The Balaban J connectivity index is 1.90. The highest BCUT2D eigenvalue weighted by Gasteiger charge is 2.47. The van der Waals surface area contributed by atoms with Crippen molar-refractivity contribution in [3.63, 3.8) is 0 Å². The molecule has 20 N–H and O–H groups in total. The molecule has 0 aromatic heterocycles. The van der Waals surface area contributed by atoms with Gasteiger partial charge in [-0.05, 0) is 52.5 Å². The molecule has 2 fully saturated rings. The summed E-state index contributed by atoms with van der Waals surface area (Å²) in [7, 11) is 1.37. The number of ether oxygens (including phenoxy) is 6. The Hall–Kier alpha value is -5.94. The van der Waals surface area contributed by atoms with Gasteiger partial charge in [0.15, 0.2) is 18.9 Å². The van der Waals surface area contributed by atoms with Crippen molar-refractivity contribution in [2.45, 2.75) is 215 Å². The fourth-order valence-electron chi connectivity index (χ4n) is 9.62. The topological polar surface area (TPSA) is 540 Å². The van der Waals surface area contributed by atoms with Crippen LogP contribution in [-0.2, 0) is 76.4 Å². The van der Waals surface area contributed by atoms with E-state index in [1.807, 2.05) is 0 Å². The lowest BCUT2D eigenvalue weighted by Crippen LogP contribution is -2.64. The summed E-state index contributed by atoms with van der Waals surface area (Å²) < 4.78 is 33.9. The number of aliphatic hydroxyl groups excluding tert-OH is 9. The number of carbonyl (C=O) groups excluding carboxylic acids is 10. The lowest BCUT2D eigenvalue weighted by Gasteiger charge is -2.42. The molecule has 2 aliphatic heterocycles. The zero-order valence-electron chi connectivity index (χ0n) is 54.4. The third-order valence-corrected chi connectivity index (χ3v) is 14.9. The van der Waals surface area contributed by atoms with Crippen molar-refractivity contribution >= 4 is 59.1 Å². The molecule has 10 amide bonds. The summed E-state index contributed by atoms with van der Waals surface area (Å²) in [6.45, 7) is 2.38. The van der Waals surface area contributed by atoms with Crippen LogP contribution in [-0.4, -0.2) is 296 Å². The predicted molar refractivity (Wildman–Crippen MR) is 328 cm³/mol. The number of aliphatic hydroxyl groups is 9. The van der Waals surface area contributed by atoms with E-state index in [0.717, 1.165) is 0 Å². The molecule has 94 heavy (non-hydrogen) atoms. The Bertz CT molecular complexity index is 2280. The summed E-state index contributed by atoms with van der Waals surface area (Å²) in [4.78, 5) is 127. The fourth-order valence-corrected chi connectivity index (χ4v) is 9.62. The summed E-state index contributed by atoms with van der Waals surface area (Å²) in [6, 6.07) is -5.98. The number of amides is 10. The number of nitrogens with one attached hydrogen (secondary N) is 11. The second-order valence-electron chi connectivity index (χ2n) is 22.8. The summed E-state index contributed by atoms with van der Waals surface area (Å²) in [6.07, 6.45) is -8.05. The summed E-state index contributed by atoms with van der Waals surface area (Å²) >= 11 is 0. The molecule has 0 spiro atoms. The minimum atomic E-state index is -1.61. The van der Waals surface area contributed by atoms with Crippen LogP contribution in [0.25, 0.3) is 0 Å². The largest absolute Gasteiger partial charge is 0.394 e. The molecular weight excluding hydrogens is 1250 g/mol. The Morgan fingerprint density at radius 3 is 1.28 bits per heavy atom. The van der Waals surface area contributed by atoms with Crippen LogP contribution in [0, 0.1) is 0 Å². The molecule has 2 aliphatic rings. The van der Waals surface area contributed by atoms with Gasteiger partial charge in [-0.25, -0.2) is 0 Å². The van der Waals surface area contributed by atoms with Crippen LogP contribution < -0.4 is 58.5 Å². The number of carbonyl (C=O) groups is 10. The molecule has 36 nitrogen and oxygen atoms in total. The number of hydrogen-bond acceptors (Lipinski definition) is 26. The van der Waals surface area contributed by atoms with Crippen LogP contribution in [0.1, 0.15) is 118 Å². The van der Waals surface area contributed by atoms with E-state index in [1.54, 1.807) is 0 Å². The molecule has 0 saturated carbocycles. The first-order valence-corrected chi connectivity index (χ1v) is 31.9. The van der Waals surface area contributed by atoms with Crippen molar-refractivity contribution in [1.82, 2.24) is 58.5 Å². The average molecular weight is 1360 g/mol. The Labute approximate surface area is 546 Å². The second-order valence-corrected chi connectivity index (χ2v) is 22.8. The monoisotopic (exact) mass is 1360 g/mol. The SMILES string of the molecule is CNC(CC(=O)NC(CC(=O)NCC(=O)NCCCCCCOC1OC(CO)C(O)C(O)C1NC(C)=O)C(=O)NCC(=O)NCCCCCCOC1OC(CO)C(O)C(O)C1NC(C)=O)C(=O)NCC(=O)NCCCCCCOC(OC(CO)[C@@H](C)O)[C@H](CO)NC(C)=O. The van der Waals surface area contributed by atoms with Gasteiger partial charge in [-0.2, -0.15) is 0 Å². The Morgan fingerprint density at radius 1 is 0.468 bits per heavy atom. The quantitative estimate of drug-likeness (QED) is 0.0199. The van der Waals surface area contributed by atoms with Crippen molar-refractivity contribution in [1.29, 1.82) is 0 Å². The Morgan fingerprint density at radius 2 is 0.883 bits per heavy atom. The van der Waals surface area contributed by atoms with Gasteiger partial charge < -0.3 is 133 Å². The minimum absolute atomic E-state index is 0.133. The lowest BCUT2D eigenvalue weighted by atomic mass is 9.97. The molecule has 2 rings (SSSR count). The maximum absolute atomic E-state index is 13.5. The molecule has 2 heterocycles. The van der Waals surface area contributed by atoms with Gasteiger partial charge in [0.1, 0.15) is 66.9 Å². The van der Waals surface area contributed by atoms with Crippen LogP contribution in [0.2, 0.25) is 0 Å². The summed E-state index contributed by atoms with van der Waals surface area (Å²) in [5, 5.41) is 117. The van der Waals surface area contributed by atoms with Gasteiger partial charge in [0, 0.05) is 60.2 Å². The number of hydrogen-bond donors (Lipinski definition) is 20. The first kappa shape index (κ1) is 84.1. The molecule has 0 radical (unpaired) electrons. The van der Waals surface area contributed by atoms with E-state index >= 15 is 0 Å². The van der Waals surface area contributed by atoms with Gasteiger partial charge in [0.25, 0.3) is 0 Å². The third-order valence-electron chi connectivity index (χ3n) is 14.9. The van der Waals surface area contributed by atoms with Crippen molar-refractivity contribution < 1.29 is 122 Å². The third kappa shape index (κ3) is 33.6. The van der Waals surface area contributed by atoms with Crippen molar-refractivity contribution in [3.05, 3.63) is 0 Å². The van der Waals surface area contributed by atoms with Gasteiger partial charge in [0.2, 0.25) is 59.1 Å². The van der Waals surface area contributed by atoms with Gasteiger partial charge in [-0.1, -0.05) is 38.5 Å². The standard InChI is InChI=1S/C58H105N11O25/c1-33(74)40(30-71)92-56(39(29-70)66-34(2)75)89-21-15-9-6-13-19-61-46(81)27-64-54(87)37(59-5)24-44(79)69-38(55(88)65-28-47(82)62-20-14-8-11-17-23-91-58-49(68-36(4)77)53(86)51(84)42(32-73)94-58)25-43(78)63-26-45(80)60-18-12-7-10-16-22-90-57-48(67-35(3)76)52(85)50(83)41(31-72)93-57/h33,37-42,48-53,56-59,70-74,83-86H,6-32H2,1-5H3,(H,60,80)(H,61,81)(H,62,82)(H,63,78)(H,64,87)(H,65,88)(H,66,75)(H,67,76)(H,68,77)(H,69,79)/t33-,37?,38?,39+,40?,41?,42?,48?,49?,50?,51?,52?,53?,56?,57?,58?/m1/s1. The van der Waals surface area contributed by atoms with E-state index in [1.165, 1.54) is 34.7 Å². The number of rotatable bonds is 49. The lowest BCUT2D eigenvalue weighted by molar-refractivity contribution is -0.270. The Kier molecular flexibility index (Phi) is 42.9. The predicted octanol–water partition coefficient (Wildman–Crippen LogP) is -8.26. The molecule has 14 unspecified atom stereocenters. The highest BCUT2D eigenvalue weighted by atomic mass is 16.7. The second kappa shape index (κ2) is 47.9. The van der Waals surface area contributed by atoms with E-state index in [-0.39, 0.29) is 39.5 Å². The van der Waals surface area contributed by atoms with Crippen LogP contribution in [0.3, 0.4) is 0 Å². The van der Waals surface area contributed by atoms with Gasteiger partial charge >= 0.3 is 0 Å². The zero-order chi connectivity index (χ0) is 70.1.